The topological polar surface area (TPSA) is 79.2 Å². The summed E-state index contributed by atoms with van der Waals surface area (Å²) < 4.78 is 2.22. The van der Waals surface area contributed by atoms with Crippen LogP contribution in [0.25, 0.3) is 10.9 Å². The number of rotatable bonds is 5. The standard InChI is InChI=1S/C25H30N4O2/c1-14(2)29-13-16(4)23-19(10-18(11-22(23)29)21-7-6-8-26-21)24(30)27-12-20-15(3)9-17(5)28-25(20)31/h9-11,13-14H,6-8,12H2,1-5H3,(H,27,30)(H,28,31). The van der Waals surface area contributed by atoms with Crippen molar-refractivity contribution in [3.05, 3.63) is 68.3 Å². The predicted molar refractivity (Wildman–Crippen MR) is 125 cm³/mol. The van der Waals surface area contributed by atoms with Crippen LogP contribution in [0.5, 0.6) is 0 Å². The molecule has 1 amide bonds. The van der Waals surface area contributed by atoms with Crippen LogP contribution in [-0.2, 0) is 6.54 Å². The van der Waals surface area contributed by atoms with E-state index in [9.17, 15) is 9.59 Å². The first kappa shape index (κ1) is 21.1. The number of amides is 1. The first-order valence-electron chi connectivity index (χ1n) is 10.9. The van der Waals surface area contributed by atoms with Gasteiger partial charge in [0.1, 0.15) is 0 Å². The van der Waals surface area contributed by atoms with Crippen molar-refractivity contribution in [2.45, 2.75) is 60.0 Å². The molecule has 31 heavy (non-hydrogen) atoms. The van der Waals surface area contributed by atoms with E-state index in [1.807, 2.05) is 32.9 Å². The van der Waals surface area contributed by atoms with Gasteiger partial charge in [0.25, 0.3) is 11.5 Å². The van der Waals surface area contributed by atoms with Crippen molar-refractivity contribution in [1.29, 1.82) is 0 Å². The molecule has 2 N–H and O–H groups in total. The molecular formula is C25H30N4O2. The van der Waals surface area contributed by atoms with Crippen LogP contribution >= 0.6 is 0 Å². The van der Waals surface area contributed by atoms with Gasteiger partial charge in [-0.3, -0.25) is 14.6 Å². The molecule has 0 aliphatic carbocycles. The molecule has 0 bridgehead atoms. The molecule has 6 nitrogen and oxygen atoms in total. The molecule has 0 radical (unpaired) electrons. The Morgan fingerprint density at radius 2 is 1.97 bits per heavy atom. The van der Waals surface area contributed by atoms with E-state index in [2.05, 4.69) is 46.0 Å². The Kier molecular flexibility index (Phi) is 5.56. The number of aromatic nitrogens is 2. The third kappa shape index (κ3) is 3.94. The molecule has 4 rings (SSSR count). The highest BCUT2D eigenvalue weighted by Gasteiger charge is 2.21. The Morgan fingerprint density at radius 3 is 2.61 bits per heavy atom. The lowest BCUT2D eigenvalue weighted by Gasteiger charge is -2.14. The van der Waals surface area contributed by atoms with Gasteiger partial charge in [0, 0.05) is 58.8 Å². The number of nitrogens with one attached hydrogen (secondary N) is 2. The Labute approximate surface area is 182 Å². The van der Waals surface area contributed by atoms with Gasteiger partial charge in [-0.05, 0) is 82.3 Å². The van der Waals surface area contributed by atoms with E-state index >= 15 is 0 Å². The quantitative estimate of drug-likeness (QED) is 0.646. The Balaban J connectivity index is 1.77. The maximum absolute atomic E-state index is 13.3. The molecule has 0 saturated heterocycles. The smallest absolute Gasteiger partial charge is 0.253 e. The SMILES string of the molecule is Cc1cc(C)c(CNC(=O)c2cc(C3=NCCC3)cc3c2c(C)cn3C(C)C)c(=O)[nH]1. The second-order valence-electron chi connectivity index (χ2n) is 8.79. The number of nitrogens with zero attached hydrogens (tertiary/aromatic N) is 2. The highest BCUT2D eigenvalue weighted by Crippen LogP contribution is 2.30. The number of H-pyrrole nitrogens is 1. The summed E-state index contributed by atoms with van der Waals surface area (Å²) in [5.74, 6) is -0.172. The van der Waals surface area contributed by atoms with Crippen LogP contribution in [0.15, 0.2) is 34.2 Å². The number of carbonyl (C=O) groups is 1. The van der Waals surface area contributed by atoms with Gasteiger partial charge in [-0.1, -0.05) is 0 Å². The Morgan fingerprint density at radius 1 is 1.19 bits per heavy atom. The molecule has 162 valence electrons. The number of aromatic amines is 1. The van der Waals surface area contributed by atoms with E-state index < -0.39 is 0 Å². The number of carbonyl (C=O) groups excluding carboxylic acids is 1. The van der Waals surface area contributed by atoms with Crippen molar-refractivity contribution in [3.8, 4) is 0 Å². The second-order valence-corrected chi connectivity index (χ2v) is 8.79. The zero-order valence-electron chi connectivity index (χ0n) is 18.9. The van der Waals surface area contributed by atoms with Gasteiger partial charge in [0.15, 0.2) is 0 Å². The van der Waals surface area contributed by atoms with Crippen LogP contribution in [0.1, 0.15) is 71.0 Å². The molecule has 1 aromatic carbocycles. The molecule has 2 aromatic heterocycles. The average Bonchev–Trinajstić information content (AvgIpc) is 3.35. The Hall–Kier alpha value is -3.15. The van der Waals surface area contributed by atoms with E-state index in [-0.39, 0.29) is 24.1 Å². The zero-order chi connectivity index (χ0) is 22.3. The van der Waals surface area contributed by atoms with Gasteiger partial charge < -0.3 is 14.9 Å². The van der Waals surface area contributed by atoms with Gasteiger partial charge in [-0.15, -0.1) is 0 Å². The fraction of sp³-hybridized carbons (Fsp3) is 0.400. The molecule has 1 aliphatic heterocycles. The van der Waals surface area contributed by atoms with Crippen molar-refractivity contribution in [3.63, 3.8) is 0 Å². The first-order chi connectivity index (χ1) is 14.8. The van der Waals surface area contributed by atoms with Crippen LogP contribution in [0, 0.1) is 20.8 Å². The molecule has 1 aliphatic rings. The molecule has 0 saturated carbocycles. The lowest BCUT2D eigenvalue weighted by molar-refractivity contribution is 0.0952. The third-order valence-corrected chi connectivity index (χ3v) is 6.05. The fourth-order valence-electron chi connectivity index (χ4n) is 4.50. The molecule has 0 atom stereocenters. The average molecular weight is 419 g/mol. The Bertz CT molecular complexity index is 1260. The van der Waals surface area contributed by atoms with E-state index in [1.165, 1.54) is 0 Å². The monoisotopic (exact) mass is 418 g/mol. The first-order valence-corrected chi connectivity index (χ1v) is 10.9. The minimum Gasteiger partial charge on any atom is -0.348 e. The van der Waals surface area contributed by atoms with Crippen molar-refractivity contribution in [2.24, 2.45) is 4.99 Å². The van der Waals surface area contributed by atoms with E-state index in [4.69, 9.17) is 0 Å². The van der Waals surface area contributed by atoms with Crippen LogP contribution < -0.4 is 10.9 Å². The number of aliphatic imine (C=N–C) groups is 1. The maximum Gasteiger partial charge on any atom is 0.253 e. The minimum absolute atomic E-state index is 0.154. The van der Waals surface area contributed by atoms with Gasteiger partial charge in [0.05, 0.1) is 0 Å². The molecule has 3 aromatic rings. The van der Waals surface area contributed by atoms with Gasteiger partial charge in [0.2, 0.25) is 0 Å². The maximum atomic E-state index is 13.3. The predicted octanol–water partition coefficient (Wildman–Crippen LogP) is 4.35. The summed E-state index contributed by atoms with van der Waals surface area (Å²) in [6.07, 6.45) is 4.10. The largest absolute Gasteiger partial charge is 0.348 e. The third-order valence-electron chi connectivity index (χ3n) is 6.05. The van der Waals surface area contributed by atoms with Crippen molar-refractivity contribution >= 4 is 22.5 Å². The van der Waals surface area contributed by atoms with Crippen molar-refractivity contribution in [1.82, 2.24) is 14.9 Å². The van der Waals surface area contributed by atoms with Crippen molar-refractivity contribution in [2.75, 3.05) is 6.54 Å². The van der Waals surface area contributed by atoms with E-state index in [1.54, 1.807) is 0 Å². The number of benzene rings is 1. The molecule has 0 spiro atoms. The summed E-state index contributed by atoms with van der Waals surface area (Å²) in [6, 6.07) is 6.33. The summed E-state index contributed by atoms with van der Waals surface area (Å²) in [5.41, 5.74) is 6.96. The summed E-state index contributed by atoms with van der Waals surface area (Å²) in [6.45, 7) is 11.1. The highest BCUT2D eigenvalue weighted by molar-refractivity contribution is 6.12. The lowest BCUT2D eigenvalue weighted by atomic mass is 9.98. The number of hydrogen-bond donors (Lipinski definition) is 2. The van der Waals surface area contributed by atoms with Gasteiger partial charge >= 0.3 is 0 Å². The number of pyridine rings is 1. The lowest BCUT2D eigenvalue weighted by Crippen LogP contribution is -2.28. The molecule has 3 heterocycles. The van der Waals surface area contributed by atoms with E-state index in [0.717, 1.165) is 58.4 Å². The van der Waals surface area contributed by atoms with Crippen LogP contribution in [-0.4, -0.2) is 27.7 Å². The highest BCUT2D eigenvalue weighted by atomic mass is 16.1. The second kappa shape index (κ2) is 8.17. The molecule has 6 heteroatoms. The number of aryl methyl sites for hydroxylation is 3. The minimum atomic E-state index is -0.172. The summed E-state index contributed by atoms with van der Waals surface area (Å²) in [5, 5.41) is 3.95. The summed E-state index contributed by atoms with van der Waals surface area (Å²) in [7, 11) is 0. The van der Waals surface area contributed by atoms with Crippen LogP contribution in [0.3, 0.4) is 0 Å². The number of hydrogen-bond acceptors (Lipinski definition) is 3. The summed E-state index contributed by atoms with van der Waals surface area (Å²) in [4.78, 5) is 33.2. The molecular weight excluding hydrogens is 388 g/mol. The fourth-order valence-corrected chi connectivity index (χ4v) is 4.50. The van der Waals surface area contributed by atoms with E-state index in [0.29, 0.717) is 11.1 Å². The van der Waals surface area contributed by atoms with Crippen molar-refractivity contribution < 1.29 is 4.79 Å². The van der Waals surface area contributed by atoms with Crippen LogP contribution in [0.2, 0.25) is 0 Å². The van der Waals surface area contributed by atoms with Crippen LogP contribution in [0.4, 0.5) is 0 Å². The van der Waals surface area contributed by atoms with Gasteiger partial charge in [-0.25, -0.2) is 0 Å². The van der Waals surface area contributed by atoms with Gasteiger partial charge in [-0.2, -0.15) is 0 Å². The summed E-state index contributed by atoms with van der Waals surface area (Å²) >= 11 is 0. The molecule has 0 unspecified atom stereocenters. The molecule has 0 fully saturated rings. The normalized spacial score (nSPS) is 13.8. The zero-order valence-corrected chi connectivity index (χ0v) is 18.9. The number of fused-ring (bicyclic) bond motifs is 1.